The molecule has 92 valence electrons. The van der Waals surface area contributed by atoms with E-state index < -0.39 is 5.97 Å². The van der Waals surface area contributed by atoms with E-state index in [0.717, 1.165) is 43.4 Å². The minimum atomic E-state index is -0.719. The van der Waals surface area contributed by atoms with Gasteiger partial charge < -0.3 is 9.52 Å². The van der Waals surface area contributed by atoms with Crippen molar-refractivity contribution >= 4 is 5.97 Å². The highest BCUT2D eigenvalue weighted by atomic mass is 16.4. The van der Waals surface area contributed by atoms with Crippen molar-refractivity contribution < 1.29 is 14.3 Å². The molecule has 0 aromatic carbocycles. The van der Waals surface area contributed by atoms with Crippen molar-refractivity contribution in [2.24, 2.45) is 5.92 Å². The number of hydrogen-bond acceptors (Lipinski definition) is 3. The minimum Gasteiger partial charge on any atom is -0.480 e. The molecule has 2 aliphatic rings. The molecular formula is C13H17NO3. The molecule has 0 aliphatic heterocycles. The van der Waals surface area contributed by atoms with Crippen LogP contribution in [0, 0.1) is 5.92 Å². The van der Waals surface area contributed by atoms with Gasteiger partial charge in [-0.25, -0.2) is 0 Å². The van der Waals surface area contributed by atoms with Gasteiger partial charge in [0.1, 0.15) is 11.8 Å². The van der Waals surface area contributed by atoms with Crippen LogP contribution in [0.4, 0.5) is 0 Å². The van der Waals surface area contributed by atoms with Crippen LogP contribution in [-0.2, 0) is 11.2 Å². The first-order chi connectivity index (χ1) is 8.25. The normalized spacial score (nSPS) is 25.3. The van der Waals surface area contributed by atoms with Crippen molar-refractivity contribution in [3.05, 3.63) is 23.7 Å². The number of aliphatic carboxylic acids is 1. The Labute approximate surface area is 100 Å². The molecule has 17 heavy (non-hydrogen) atoms. The Morgan fingerprint density at radius 3 is 3.00 bits per heavy atom. The first-order valence-electron chi connectivity index (χ1n) is 6.31. The number of carboxylic acids is 1. The summed E-state index contributed by atoms with van der Waals surface area (Å²) in [6.07, 6.45) is 6.82. The lowest BCUT2D eigenvalue weighted by Crippen LogP contribution is -2.41. The Hall–Kier alpha value is -1.29. The average Bonchev–Trinajstić information content (AvgIpc) is 3.02. The Kier molecular flexibility index (Phi) is 2.67. The summed E-state index contributed by atoms with van der Waals surface area (Å²) in [4.78, 5) is 11.2. The van der Waals surface area contributed by atoms with E-state index in [4.69, 9.17) is 4.42 Å². The molecule has 2 N–H and O–H groups in total. The van der Waals surface area contributed by atoms with Gasteiger partial charge in [-0.3, -0.25) is 10.1 Å². The molecule has 1 aromatic rings. The van der Waals surface area contributed by atoms with Crippen LogP contribution in [0.25, 0.3) is 0 Å². The van der Waals surface area contributed by atoms with Gasteiger partial charge >= 0.3 is 5.97 Å². The van der Waals surface area contributed by atoms with Crippen molar-refractivity contribution in [2.75, 3.05) is 0 Å². The van der Waals surface area contributed by atoms with Gasteiger partial charge in [-0.15, -0.1) is 0 Å². The van der Waals surface area contributed by atoms with Crippen molar-refractivity contribution in [1.82, 2.24) is 5.32 Å². The number of nitrogens with one attached hydrogen (secondary N) is 1. The molecule has 2 unspecified atom stereocenters. The van der Waals surface area contributed by atoms with Gasteiger partial charge in [0.05, 0.1) is 6.26 Å². The lowest BCUT2D eigenvalue weighted by molar-refractivity contribution is -0.140. The first kappa shape index (κ1) is 10.8. The summed E-state index contributed by atoms with van der Waals surface area (Å²) in [5, 5.41) is 12.5. The summed E-state index contributed by atoms with van der Waals surface area (Å²) in [6.45, 7) is 0. The molecule has 0 saturated heterocycles. The minimum absolute atomic E-state index is 0.152. The second-order valence-electron chi connectivity index (χ2n) is 5.06. The van der Waals surface area contributed by atoms with Crippen molar-refractivity contribution in [3.8, 4) is 0 Å². The number of hydrogen-bond donors (Lipinski definition) is 2. The molecule has 1 heterocycles. The second kappa shape index (κ2) is 4.18. The zero-order valence-electron chi connectivity index (χ0n) is 9.69. The van der Waals surface area contributed by atoms with E-state index in [1.165, 1.54) is 0 Å². The smallest absolute Gasteiger partial charge is 0.320 e. The number of rotatable bonds is 4. The molecule has 4 heteroatoms. The Morgan fingerprint density at radius 1 is 1.47 bits per heavy atom. The summed E-state index contributed by atoms with van der Waals surface area (Å²) in [5.74, 6) is 0.626. The Morgan fingerprint density at radius 2 is 2.29 bits per heavy atom. The maximum atomic E-state index is 11.2. The van der Waals surface area contributed by atoms with Gasteiger partial charge in [-0.1, -0.05) is 0 Å². The molecule has 0 spiro atoms. The topological polar surface area (TPSA) is 62.5 Å². The van der Waals surface area contributed by atoms with Gasteiger partial charge in [0.25, 0.3) is 0 Å². The van der Waals surface area contributed by atoms with Crippen LogP contribution in [0.1, 0.15) is 43.0 Å². The van der Waals surface area contributed by atoms with E-state index in [2.05, 4.69) is 5.32 Å². The summed E-state index contributed by atoms with van der Waals surface area (Å²) in [7, 11) is 0. The fourth-order valence-electron chi connectivity index (χ4n) is 2.71. The molecule has 0 bridgehead atoms. The number of aryl methyl sites for hydroxylation is 1. The van der Waals surface area contributed by atoms with Gasteiger partial charge in [0.2, 0.25) is 0 Å². The summed E-state index contributed by atoms with van der Waals surface area (Å²) < 4.78 is 5.42. The number of carbonyl (C=O) groups is 1. The standard InChI is InChI=1S/C13H17NO3/c15-13(16)12(8-4-5-8)14-10-2-1-3-11-9(10)6-7-17-11/h6-8,10,12,14H,1-5H2,(H,15,16). The third-order valence-electron chi connectivity index (χ3n) is 3.79. The number of fused-ring (bicyclic) bond motifs is 1. The van der Waals surface area contributed by atoms with Crippen LogP contribution in [0.15, 0.2) is 16.7 Å². The fraction of sp³-hybridized carbons (Fsp3) is 0.615. The summed E-state index contributed by atoms with van der Waals surface area (Å²) in [5.41, 5.74) is 1.16. The Bertz CT molecular complexity index is 422. The van der Waals surface area contributed by atoms with Gasteiger partial charge in [0, 0.05) is 18.0 Å². The highest BCUT2D eigenvalue weighted by Gasteiger charge is 2.38. The molecule has 0 amide bonds. The third-order valence-corrected chi connectivity index (χ3v) is 3.79. The molecule has 2 aliphatic carbocycles. The second-order valence-corrected chi connectivity index (χ2v) is 5.06. The van der Waals surface area contributed by atoms with Gasteiger partial charge in [0.15, 0.2) is 0 Å². The van der Waals surface area contributed by atoms with Crippen LogP contribution in [0.5, 0.6) is 0 Å². The van der Waals surface area contributed by atoms with E-state index in [1.807, 2.05) is 6.07 Å². The van der Waals surface area contributed by atoms with E-state index in [1.54, 1.807) is 6.26 Å². The zero-order chi connectivity index (χ0) is 11.8. The predicted molar refractivity (Wildman–Crippen MR) is 61.7 cm³/mol. The molecule has 3 rings (SSSR count). The Balaban J connectivity index is 1.75. The van der Waals surface area contributed by atoms with E-state index >= 15 is 0 Å². The van der Waals surface area contributed by atoms with Crippen LogP contribution in [-0.4, -0.2) is 17.1 Å². The monoisotopic (exact) mass is 235 g/mol. The average molecular weight is 235 g/mol. The summed E-state index contributed by atoms with van der Waals surface area (Å²) in [6, 6.07) is 1.73. The molecule has 2 atom stereocenters. The highest BCUT2D eigenvalue weighted by molar-refractivity contribution is 5.74. The molecule has 1 saturated carbocycles. The lowest BCUT2D eigenvalue weighted by Gasteiger charge is -2.26. The molecule has 0 radical (unpaired) electrons. The van der Waals surface area contributed by atoms with E-state index in [-0.39, 0.29) is 12.1 Å². The molecule has 4 nitrogen and oxygen atoms in total. The molecule has 1 fully saturated rings. The molecular weight excluding hydrogens is 218 g/mol. The van der Waals surface area contributed by atoms with Gasteiger partial charge in [-0.05, 0) is 37.7 Å². The predicted octanol–water partition coefficient (Wildman–Crippen LogP) is 2.11. The fourth-order valence-corrected chi connectivity index (χ4v) is 2.71. The van der Waals surface area contributed by atoms with Crippen LogP contribution in [0.2, 0.25) is 0 Å². The largest absolute Gasteiger partial charge is 0.480 e. The van der Waals surface area contributed by atoms with Crippen molar-refractivity contribution in [3.63, 3.8) is 0 Å². The first-order valence-corrected chi connectivity index (χ1v) is 6.31. The van der Waals surface area contributed by atoms with Crippen molar-refractivity contribution in [2.45, 2.75) is 44.2 Å². The maximum Gasteiger partial charge on any atom is 0.320 e. The van der Waals surface area contributed by atoms with Gasteiger partial charge in [-0.2, -0.15) is 0 Å². The number of furan rings is 1. The quantitative estimate of drug-likeness (QED) is 0.839. The SMILES string of the molecule is O=C(O)C(NC1CCCc2occc21)C1CC1. The molecule has 1 aromatic heterocycles. The van der Waals surface area contributed by atoms with Crippen LogP contribution < -0.4 is 5.32 Å². The zero-order valence-corrected chi connectivity index (χ0v) is 9.69. The summed E-state index contributed by atoms with van der Waals surface area (Å²) >= 11 is 0. The van der Waals surface area contributed by atoms with Crippen molar-refractivity contribution in [1.29, 1.82) is 0 Å². The lowest BCUT2D eigenvalue weighted by atomic mass is 9.92. The highest BCUT2D eigenvalue weighted by Crippen LogP contribution is 2.36. The number of carboxylic acid groups (broad SMARTS) is 1. The van der Waals surface area contributed by atoms with E-state index in [0.29, 0.717) is 5.92 Å². The van der Waals surface area contributed by atoms with Crippen LogP contribution >= 0.6 is 0 Å². The maximum absolute atomic E-state index is 11.2. The van der Waals surface area contributed by atoms with Crippen LogP contribution in [0.3, 0.4) is 0 Å². The third kappa shape index (κ3) is 2.09. The van der Waals surface area contributed by atoms with E-state index in [9.17, 15) is 9.90 Å².